The molecule has 0 aromatic heterocycles. The lowest BCUT2D eigenvalue weighted by molar-refractivity contribution is -0.137. The number of hydrogen-bond acceptors (Lipinski definition) is 3. The summed E-state index contributed by atoms with van der Waals surface area (Å²) >= 11 is 5.88. The van der Waals surface area contributed by atoms with Crippen LogP contribution in [0.3, 0.4) is 0 Å². The largest absolute Gasteiger partial charge is 0.388 e. The molecule has 1 aliphatic rings. The Labute approximate surface area is 137 Å². The van der Waals surface area contributed by atoms with Crippen LogP contribution >= 0.6 is 11.6 Å². The van der Waals surface area contributed by atoms with Gasteiger partial charge in [-0.2, -0.15) is 0 Å². The summed E-state index contributed by atoms with van der Waals surface area (Å²) in [4.78, 5) is 16.2. The average Bonchev–Trinajstić information content (AvgIpc) is 2.53. The van der Waals surface area contributed by atoms with Gasteiger partial charge in [0.05, 0.1) is 12.1 Å². The molecule has 1 fully saturated rings. The highest BCUT2D eigenvalue weighted by Gasteiger charge is 2.30. The molecule has 1 unspecified atom stereocenters. The molecule has 0 aliphatic carbocycles. The Hall–Kier alpha value is -1.10. The molecule has 1 N–H and O–H groups in total. The summed E-state index contributed by atoms with van der Waals surface area (Å²) in [7, 11) is 3.83. The van der Waals surface area contributed by atoms with Gasteiger partial charge in [0.1, 0.15) is 0 Å². The van der Waals surface area contributed by atoms with Crippen LogP contribution in [0.1, 0.15) is 31.4 Å². The van der Waals surface area contributed by atoms with Crippen LogP contribution < -0.4 is 0 Å². The zero-order valence-electron chi connectivity index (χ0n) is 13.5. The van der Waals surface area contributed by atoms with Crippen molar-refractivity contribution in [1.82, 2.24) is 9.80 Å². The molecule has 2 rings (SSSR count). The zero-order valence-corrected chi connectivity index (χ0v) is 14.3. The monoisotopic (exact) mass is 324 g/mol. The summed E-state index contributed by atoms with van der Waals surface area (Å²) in [5.41, 5.74) is 0.899. The summed E-state index contributed by atoms with van der Waals surface area (Å²) < 4.78 is 0. The normalized spacial score (nSPS) is 19.3. The average molecular weight is 325 g/mol. The van der Waals surface area contributed by atoms with Crippen molar-refractivity contribution in [2.24, 2.45) is 5.92 Å². The smallest absolute Gasteiger partial charge is 0.239 e. The van der Waals surface area contributed by atoms with Gasteiger partial charge in [-0.25, -0.2) is 0 Å². The van der Waals surface area contributed by atoms with Crippen LogP contribution in [0.4, 0.5) is 0 Å². The number of carbonyl (C=O) groups excluding carboxylic acids is 1. The lowest BCUT2D eigenvalue weighted by Crippen LogP contribution is -2.47. The van der Waals surface area contributed by atoms with E-state index in [-0.39, 0.29) is 17.9 Å². The maximum atomic E-state index is 12.3. The lowest BCUT2D eigenvalue weighted by Gasteiger charge is -2.36. The fraction of sp³-hybridized carbons (Fsp3) is 0.588. The van der Waals surface area contributed by atoms with Crippen molar-refractivity contribution in [3.05, 3.63) is 34.9 Å². The minimum Gasteiger partial charge on any atom is -0.388 e. The fourth-order valence-corrected chi connectivity index (χ4v) is 2.98. The first-order chi connectivity index (χ1) is 10.4. The third-order valence-electron chi connectivity index (χ3n) is 4.64. The van der Waals surface area contributed by atoms with E-state index in [1.807, 2.05) is 43.0 Å². The number of likely N-dealkylation sites (N-methyl/N-ethyl adjacent to an activating group) is 1. The van der Waals surface area contributed by atoms with Crippen LogP contribution in [0.25, 0.3) is 0 Å². The van der Waals surface area contributed by atoms with Gasteiger partial charge in [0.25, 0.3) is 0 Å². The Morgan fingerprint density at radius 2 is 1.82 bits per heavy atom. The number of amides is 1. The molecular weight excluding hydrogens is 300 g/mol. The summed E-state index contributed by atoms with van der Waals surface area (Å²) in [5.74, 6) is 0.365. The van der Waals surface area contributed by atoms with E-state index in [9.17, 15) is 9.90 Å². The minimum absolute atomic E-state index is 0.0993. The molecule has 5 heteroatoms. The van der Waals surface area contributed by atoms with Crippen molar-refractivity contribution in [2.45, 2.75) is 31.9 Å². The van der Waals surface area contributed by atoms with Crippen molar-refractivity contribution in [3.63, 3.8) is 0 Å². The zero-order chi connectivity index (χ0) is 16.3. The Kier molecular flexibility index (Phi) is 5.84. The number of likely N-dealkylation sites (tertiary alicyclic amines) is 1. The Bertz CT molecular complexity index is 496. The molecule has 1 aromatic rings. The number of aliphatic hydroxyl groups is 1. The molecule has 0 bridgehead atoms. The van der Waals surface area contributed by atoms with E-state index < -0.39 is 6.10 Å². The molecule has 1 aliphatic heterocycles. The van der Waals surface area contributed by atoms with Crippen LogP contribution in [-0.2, 0) is 4.79 Å². The fourth-order valence-electron chi connectivity index (χ4n) is 2.85. The molecule has 1 amide bonds. The van der Waals surface area contributed by atoms with Crippen LogP contribution in [0.2, 0.25) is 5.02 Å². The summed E-state index contributed by atoms with van der Waals surface area (Å²) in [5, 5.41) is 11.2. The third kappa shape index (κ3) is 4.00. The molecule has 0 spiro atoms. The van der Waals surface area contributed by atoms with Gasteiger partial charge < -0.3 is 10.0 Å². The summed E-state index contributed by atoms with van der Waals surface area (Å²) in [6, 6.07) is 7.25. The molecule has 4 nitrogen and oxygen atoms in total. The second-order valence-electron chi connectivity index (χ2n) is 6.30. The first-order valence-electron chi connectivity index (χ1n) is 7.79. The number of hydrogen-bond donors (Lipinski definition) is 1. The second-order valence-corrected chi connectivity index (χ2v) is 6.74. The highest BCUT2D eigenvalue weighted by Crippen LogP contribution is 2.31. The van der Waals surface area contributed by atoms with Gasteiger partial charge in [0, 0.05) is 18.1 Å². The molecule has 1 heterocycles. The highest BCUT2D eigenvalue weighted by atomic mass is 35.5. The van der Waals surface area contributed by atoms with Gasteiger partial charge in [-0.3, -0.25) is 9.69 Å². The molecule has 1 aromatic carbocycles. The van der Waals surface area contributed by atoms with E-state index in [0.29, 0.717) is 18.1 Å². The highest BCUT2D eigenvalue weighted by molar-refractivity contribution is 6.30. The van der Waals surface area contributed by atoms with Gasteiger partial charge in [0.15, 0.2) is 0 Å². The molecule has 122 valence electrons. The Morgan fingerprint density at radius 1 is 1.27 bits per heavy atom. The lowest BCUT2D eigenvalue weighted by atomic mass is 9.87. The second kappa shape index (κ2) is 7.44. The Morgan fingerprint density at radius 3 is 2.32 bits per heavy atom. The molecular formula is C17H25ClN2O2. The molecule has 2 atom stereocenters. The Balaban J connectivity index is 1.91. The maximum Gasteiger partial charge on any atom is 0.239 e. The topological polar surface area (TPSA) is 43.8 Å². The molecule has 0 saturated carbocycles. The van der Waals surface area contributed by atoms with Crippen LogP contribution in [-0.4, -0.2) is 54.0 Å². The van der Waals surface area contributed by atoms with E-state index in [1.165, 1.54) is 0 Å². The maximum absolute atomic E-state index is 12.3. The van der Waals surface area contributed by atoms with Crippen molar-refractivity contribution in [1.29, 1.82) is 0 Å². The van der Waals surface area contributed by atoms with E-state index in [0.717, 1.165) is 18.4 Å². The van der Waals surface area contributed by atoms with E-state index in [1.54, 1.807) is 12.1 Å². The number of benzene rings is 1. The number of nitrogens with zero attached hydrogens (tertiary/aromatic N) is 2. The van der Waals surface area contributed by atoms with Crippen molar-refractivity contribution in [2.75, 3.05) is 27.2 Å². The van der Waals surface area contributed by atoms with Gasteiger partial charge in [-0.05, 0) is 57.5 Å². The standard InChI is InChI=1S/C17H25ClN2O2/c1-12(19(2)3)17(22)20-10-8-14(9-11-20)16(21)13-4-6-15(18)7-5-13/h4-7,12,14,16,21H,8-11H2,1-3H3/t12-,16?/m0/s1. The quantitative estimate of drug-likeness (QED) is 0.925. The number of carbonyl (C=O) groups is 1. The van der Waals surface area contributed by atoms with Gasteiger partial charge in [0.2, 0.25) is 5.91 Å². The van der Waals surface area contributed by atoms with Crippen LogP contribution in [0.15, 0.2) is 24.3 Å². The van der Waals surface area contributed by atoms with E-state index in [4.69, 9.17) is 11.6 Å². The molecule has 22 heavy (non-hydrogen) atoms. The van der Waals surface area contributed by atoms with Crippen molar-refractivity contribution >= 4 is 17.5 Å². The SMILES string of the molecule is C[C@@H](C(=O)N1CCC(C(O)c2ccc(Cl)cc2)CC1)N(C)C. The van der Waals surface area contributed by atoms with Gasteiger partial charge >= 0.3 is 0 Å². The number of aliphatic hydroxyl groups excluding tert-OH is 1. The van der Waals surface area contributed by atoms with E-state index in [2.05, 4.69) is 0 Å². The third-order valence-corrected chi connectivity index (χ3v) is 4.89. The van der Waals surface area contributed by atoms with Gasteiger partial charge in [-0.15, -0.1) is 0 Å². The first-order valence-corrected chi connectivity index (χ1v) is 8.16. The number of halogens is 1. The van der Waals surface area contributed by atoms with E-state index >= 15 is 0 Å². The van der Waals surface area contributed by atoms with Crippen molar-refractivity contribution < 1.29 is 9.90 Å². The van der Waals surface area contributed by atoms with Crippen molar-refractivity contribution in [3.8, 4) is 0 Å². The van der Waals surface area contributed by atoms with Crippen LogP contribution in [0, 0.1) is 5.92 Å². The number of rotatable bonds is 4. The van der Waals surface area contributed by atoms with Gasteiger partial charge in [-0.1, -0.05) is 23.7 Å². The summed E-state index contributed by atoms with van der Waals surface area (Å²) in [6.07, 6.45) is 1.17. The molecule has 0 radical (unpaired) electrons. The molecule has 1 saturated heterocycles. The van der Waals surface area contributed by atoms with Crippen LogP contribution in [0.5, 0.6) is 0 Å². The number of piperidine rings is 1. The summed E-state index contributed by atoms with van der Waals surface area (Å²) in [6.45, 7) is 3.36. The predicted octanol–water partition coefficient (Wildman–Crippen LogP) is 2.56. The first kappa shape index (κ1) is 17.3. The minimum atomic E-state index is -0.485. The predicted molar refractivity (Wildman–Crippen MR) is 88.9 cm³/mol.